The average Bonchev–Trinajstić information content (AvgIpc) is 2.49. The van der Waals surface area contributed by atoms with Gasteiger partial charge in [-0.2, -0.15) is 0 Å². The first kappa shape index (κ1) is 15.4. The Labute approximate surface area is 131 Å². The number of hydrogen-bond donors (Lipinski definition) is 1. The number of halogens is 2. The molecule has 0 atom stereocenters. The number of aromatic nitrogens is 1. The highest BCUT2D eigenvalue weighted by atomic mass is 35.5. The lowest BCUT2D eigenvalue weighted by molar-refractivity contribution is -0.138. The number of anilines is 1. The molecule has 110 valence electrons. The van der Waals surface area contributed by atoms with Crippen LogP contribution >= 0.6 is 23.2 Å². The van der Waals surface area contributed by atoms with Crippen LogP contribution in [0.3, 0.4) is 0 Å². The summed E-state index contributed by atoms with van der Waals surface area (Å²) in [4.78, 5) is 15.0. The van der Waals surface area contributed by atoms with Crippen molar-refractivity contribution in [1.29, 1.82) is 0 Å². The van der Waals surface area contributed by atoms with Crippen LogP contribution in [0.4, 0.5) is 5.69 Å². The lowest BCUT2D eigenvalue weighted by Crippen LogP contribution is -2.14. The topological polar surface area (TPSA) is 60.5 Å². The molecule has 0 unspecified atom stereocenters. The van der Waals surface area contributed by atoms with Crippen LogP contribution in [0.25, 0.3) is 0 Å². The summed E-state index contributed by atoms with van der Waals surface area (Å²) in [6.45, 7) is 0.0985. The third kappa shape index (κ3) is 4.51. The zero-order chi connectivity index (χ0) is 15.2. The zero-order valence-electron chi connectivity index (χ0n) is 11.1. The molecule has 0 radical (unpaired) electrons. The van der Waals surface area contributed by atoms with E-state index < -0.39 is 0 Å². The number of ether oxygens (including phenoxy) is 2. The summed E-state index contributed by atoms with van der Waals surface area (Å²) >= 11 is 11.7. The standard InChI is InChI=1S/C14H12Cl2N2O3/c1-20-13(19)8-17-10-2-4-11(5-3-10)21-14-12(16)6-9(15)7-18-14/h2-7,17H,8H2,1H3. The first-order chi connectivity index (χ1) is 10.1. The van der Waals surface area contributed by atoms with E-state index in [-0.39, 0.29) is 18.4 Å². The molecule has 0 fully saturated rings. The minimum atomic E-state index is -0.340. The number of carbonyl (C=O) groups excluding carboxylic acids is 1. The molecule has 21 heavy (non-hydrogen) atoms. The van der Waals surface area contributed by atoms with Gasteiger partial charge in [-0.3, -0.25) is 4.79 Å². The van der Waals surface area contributed by atoms with Gasteiger partial charge in [-0.05, 0) is 30.3 Å². The Hall–Kier alpha value is -1.98. The Morgan fingerprint density at radius 3 is 2.62 bits per heavy atom. The Morgan fingerprint density at radius 2 is 2.00 bits per heavy atom. The number of rotatable bonds is 5. The molecule has 0 saturated carbocycles. The maximum Gasteiger partial charge on any atom is 0.325 e. The van der Waals surface area contributed by atoms with Crippen LogP contribution in [-0.2, 0) is 9.53 Å². The van der Waals surface area contributed by atoms with E-state index in [1.165, 1.54) is 13.3 Å². The molecule has 0 saturated heterocycles. The quantitative estimate of drug-likeness (QED) is 0.847. The van der Waals surface area contributed by atoms with Gasteiger partial charge in [-0.15, -0.1) is 0 Å². The van der Waals surface area contributed by atoms with Gasteiger partial charge < -0.3 is 14.8 Å². The van der Waals surface area contributed by atoms with Crippen molar-refractivity contribution in [3.8, 4) is 11.6 Å². The van der Waals surface area contributed by atoms with Gasteiger partial charge in [0.15, 0.2) is 0 Å². The number of nitrogens with one attached hydrogen (secondary N) is 1. The maximum atomic E-state index is 11.0. The molecule has 0 spiro atoms. The summed E-state index contributed by atoms with van der Waals surface area (Å²) < 4.78 is 10.1. The lowest BCUT2D eigenvalue weighted by Gasteiger charge is -2.08. The van der Waals surface area contributed by atoms with E-state index in [1.807, 2.05) is 0 Å². The Morgan fingerprint density at radius 1 is 1.29 bits per heavy atom. The first-order valence-electron chi connectivity index (χ1n) is 5.98. The molecule has 2 aromatic rings. The van der Waals surface area contributed by atoms with Crippen LogP contribution in [0.2, 0.25) is 10.0 Å². The molecule has 0 aliphatic carbocycles. The fourth-order valence-corrected chi connectivity index (χ4v) is 1.89. The van der Waals surface area contributed by atoms with E-state index in [0.29, 0.717) is 15.8 Å². The summed E-state index contributed by atoms with van der Waals surface area (Å²) in [5.74, 6) is 0.499. The van der Waals surface area contributed by atoms with E-state index in [4.69, 9.17) is 27.9 Å². The summed E-state index contributed by atoms with van der Waals surface area (Å²) in [6, 6.07) is 8.54. The summed E-state index contributed by atoms with van der Waals surface area (Å²) in [5.41, 5.74) is 0.767. The number of benzene rings is 1. The monoisotopic (exact) mass is 326 g/mol. The molecule has 0 amide bonds. The minimum absolute atomic E-state index is 0.0985. The van der Waals surface area contributed by atoms with Crippen LogP contribution in [0.5, 0.6) is 11.6 Å². The third-order valence-corrected chi connectivity index (χ3v) is 2.98. The SMILES string of the molecule is COC(=O)CNc1ccc(Oc2ncc(Cl)cc2Cl)cc1. The lowest BCUT2D eigenvalue weighted by atomic mass is 10.3. The zero-order valence-corrected chi connectivity index (χ0v) is 12.6. The van der Waals surface area contributed by atoms with Crippen molar-refractivity contribution in [2.24, 2.45) is 0 Å². The minimum Gasteiger partial charge on any atom is -0.468 e. The second kappa shape index (κ2) is 7.15. The van der Waals surface area contributed by atoms with E-state index in [9.17, 15) is 4.79 Å². The van der Waals surface area contributed by atoms with Crippen LogP contribution in [0, 0.1) is 0 Å². The van der Waals surface area contributed by atoms with E-state index in [0.717, 1.165) is 5.69 Å². The summed E-state index contributed by atoms with van der Waals surface area (Å²) in [7, 11) is 1.34. The molecular formula is C14H12Cl2N2O3. The predicted molar refractivity (Wildman–Crippen MR) is 81.3 cm³/mol. The van der Waals surface area contributed by atoms with Gasteiger partial charge in [0.05, 0.1) is 12.1 Å². The molecule has 1 N–H and O–H groups in total. The van der Waals surface area contributed by atoms with Crippen molar-refractivity contribution in [3.63, 3.8) is 0 Å². The highest BCUT2D eigenvalue weighted by molar-refractivity contribution is 6.35. The average molecular weight is 327 g/mol. The first-order valence-corrected chi connectivity index (χ1v) is 6.73. The van der Waals surface area contributed by atoms with Crippen molar-refractivity contribution >= 4 is 34.9 Å². The van der Waals surface area contributed by atoms with Gasteiger partial charge in [0.2, 0.25) is 5.88 Å². The molecular weight excluding hydrogens is 315 g/mol. The van der Waals surface area contributed by atoms with Crippen molar-refractivity contribution in [2.45, 2.75) is 0 Å². The molecule has 1 aromatic heterocycles. The molecule has 1 aromatic carbocycles. The Kier molecular flexibility index (Phi) is 5.25. The van der Waals surface area contributed by atoms with Gasteiger partial charge in [0, 0.05) is 11.9 Å². The molecule has 0 bridgehead atoms. The maximum absolute atomic E-state index is 11.0. The Balaban J connectivity index is 2.00. The number of pyridine rings is 1. The van der Waals surface area contributed by atoms with Crippen molar-refractivity contribution in [1.82, 2.24) is 4.98 Å². The molecule has 0 aliphatic heterocycles. The van der Waals surface area contributed by atoms with E-state index in [1.54, 1.807) is 30.3 Å². The van der Waals surface area contributed by atoms with Crippen molar-refractivity contribution < 1.29 is 14.3 Å². The van der Waals surface area contributed by atoms with E-state index >= 15 is 0 Å². The number of nitrogens with zero attached hydrogens (tertiary/aromatic N) is 1. The molecule has 0 aliphatic rings. The van der Waals surface area contributed by atoms with Crippen molar-refractivity contribution in [2.75, 3.05) is 19.0 Å². The second-order valence-electron chi connectivity index (χ2n) is 4.00. The van der Waals surface area contributed by atoms with Crippen LogP contribution < -0.4 is 10.1 Å². The van der Waals surface area contributed by atoms with Gasteiger partial charge in [-0.25, -0.2) is 4.98 Å². The van der Waals surface area contributed by atoms with E-state index in [2.05, 4.69) is 15.0 Å². The van der Waals surface area contributed by atoms with Gasteiger partial charge in [-0.1, -0.05) is 23.2 Å². The largest absolute Gasteiger partial charge is 0.468 e. The fraction of sp³-hybridized carbons (Fsp3) is 0.143. The number of carbonyl (C=O) groups is 1. The van der Waals surface area contributed by atoms with Crippen LogP contribution in [0.15, 0.2) is 36.5 Å². The fourth-order valence-electron chi connectivity index (χ4n) is 1.48. The Bertz CT molecular complexity index is 633. The number of hydrogen-bond acceptors (Lipinski definition) is 5. The molecule has 7 heteroatoms. The smallest absolute Gasteiger partial charge is 0.325 e. The van der Waals surface area contributed by atoms with Crippen molar-refractivity contribution in [3.05, 3.63) is 46.6 Å². The summed E-state index contributed by atoms with van der Waals surface area (Å²) in [6.07, 6.45) is 1.45. The number of methoxy groups -OCH3 is 1. The summed E-state index contributed by atoms with van der Waals surface area (Å²) in [5, 5.41) is 3.68. The molecule has 1 heterocycles. The second-order valence-corrected chi connectivity index (χ2v) is 4.84. The predicted octanol–water partition coefficient (Wildman–Crippen LogP) is 3.77. The third-order valence-electron chi connectivity index (χ3n) is 2.51. The van der Waals surface area contributed by atoms with Gasteiger partial charge in [0.1, 0.15) is 17.3 Å². The highest BCUT2D eigenvalue weighted by Gasteiger charge is 2.06. The van der Waals surface area contributed by atoms with Gasteiger partial charge in [0.25, 0.3) is 0 Å². The van der Waals surface area contributed by atoms with Crippen LogP contribution in [-0.4, -0.2) is 24.6 Å². The molecule has 2 rings (SSSR count). The number of esters is 1. The molecule has 5 nitrogen and oxygen atoms in total. The van der Waals surface area contributed by atoms with Gasteiger partial charge >= 0.3 is 5.97 Å². The highest BCUT2D eigenvalue weighted by Crippen LogP contribution is 2.29. The van der Waals surface area contributed by atoms with Crippen LogP contribution in [0.1, 0.15) is 0 Å². The normalized spacial score (nSPS) is 10.0.